The number of carbonyl (C=O) groups excluding carboxylic acids is 2. The number of nitrogens with one attached hydrogen (secondary N) is 2. The molecule has 2 aromatic heterocycles. The molecule has 0 fully saturated rings. The van der Waals surface area contributed by atoms with Crippen LogP contribution in [0.2, 0.25) is 5.02 Å². The highest BCUT2D eigenvalue weighted by atomic mass is 35.5. The number of hydrogen-bond acceptors (Lipinski definition) is 5. The van der Waals surface area contributed by atoms with Crippen molar-refractivity contribution in [3.63, 3.8) is 0 Å². The lowest BCUT2D eigenvalue weighted by Gasteiger charge is -2.10. The van der Waals surface area contributed by atoms with Crippen molar-refractivity contribution in [1.82, 2.24) is 20.6 Å². The average molecular weight is 411 g/mol. The van der Waals surface area contributed by atoms with Crippen molar-refractivity contribution in [2.45, 2.75) is 13.5 Å². The van der Waals surface area contributed by atoms with E-state index in [1.807, 2.05) is 0 Å². The molecule has 0 aliphatic carbocycles. The lowest BCUT2D eigenvalue weighted by Crippen LogP contribution is -2.42. The van der Waals surface area contributed by atoms with Gasteiger partial charge >= 0.3 is 5.91 Å². The predicted octanol–water partition coefficient (Wildman–Crippen LogP) is 2.89. The number of furan rings is 1. The number of carbonyl (C=O) groups is 2. The number of amides is 2. The molecule has 2 amide bonds. The maximum Gasteiger partial charge on any atom is 0.305 e. The Bertz CT molecular complexity index is 1330. The van der Waals surface area contributed by atoms with Crippen LogP contribution in [0.4, 0.5) is 0 Å². The Morgan fingerprint density at radius 1 is 1.07 bits per heavy atom. The van der Waals surface area contributed by atoms with Crippen LogP contribution in [-0.2, 0) is 6.54 Å². The van der Waals surface area contributed by atoms with Gasteiger partial charge in [-0.05, 0) is 37.3 Å². The molecule has 2 N–H and O–H groups in total. The number of aryl methyl sites for hydroxylation is 1. The molecule has 0 radical (unpaired) electrons. The van der Waals surface area contributed by atoms with E-state index in [4.69, 9.17) is 16.0 Å². The third kappa shape index (κ3) is 3.45. The number of nitrogens with zero attached hydrogens (tertiary/aromatic N) is 2. The van der Waals surface area contributed by atoms with Crippen molar-refractivity contribution in [3.8, 4) is 0 Å². The molecule has 29 heavy (non-hydrogen) atoms. The minimum absolute atomic E-state index is 0.0129. The van der Waals surface area contributed by atoms with Crippen molar-refractivity contribution < 1.29 is 14.0 Å². The van der Waals surface area contributed by atoms with E-state index < -0.39 is 11.8 Å². The van der Waals surface area contributed by atoms with Crippen LogP contribution in [0.5, 0.6) is 0 Å². The SMILES string of the molecule is CCn1nc(C(=O)NNC(=O)c2cc3cc(Cl)ccc3o2)c2ccccc2c1=O. The molecule has 0 saturated carbocycles. The minimum atomic E-state index is -0.657. The Morgan fingerprint density at radius 3 is 2.55 bits per heavy atom. The van der Waals surface area contributed by atoms with Gasteiger partial charge in [-0.1, -0.05) is 29.8 Å². The molecular weight excluding hydrogens is 396 g/mol. The summed E-state index contributed by atoms with van der Waals surface area (Å²) in [6.07, 6.45) is 0. The monoisotopic (exact) mass is 410 g/mol. The van der Waals surface area contributed by atoms with Gasteiger partial charge in [-0.15, -0.1) is 0 Å². The number of fused-ring (bicyclic) bond motifs is 2. The molecule has 0 aliphatic heterocycles. The van der Waals surface area contributed by atoms with Crippen molar-refractivity contribution in [3.05, 3.63) is 75.4 Å². The van der Waals surface area contributed by atoms with Crippen LogP contribution in [0.1, 0.15) is 28.0 Å². The second-order valence-electron chi connectivity index (χ2n) is 6.22. The van der Waals surface area contributed by atoms with Gasteiger partial charge < -0.3 is 4.42 Å². The fourth-order valence-corrected chi connectivity index (χ4v) is 3.16. The molecule has 0 saturated heterocycles. The quantitative estimate of drug-likeness (QED) is 0.505. The first kappa shape index (κ1) is 18.7. The first-order chi connectivity index (χ1) is 14.0. The van der Waals surface area contributed by atoms with E-state index in [-0.39, 0.29) is 17.0 Å². The van der Waals surface area contributed by atoms with Gasteiger partial charge in [0.1, 0.15) is 5.58 Å². The molecule has 4 aromatic rings. The van der Waals surface area contributed by atoms with Crippen LogP contribution >= 0.6 is 11.6 Å². The number of rotatable bonds is 3. The van der Waals surface area contributed by atoms with Crippen LogP contribution in [0.15, 0.2) is 57.7 Å². The number of aromatic nitrogens is 2. The summed E-state index contributed by atoms with van der Waals surface area (Å²) in [7, 11) is 0. The van der Waals surface area contributed by atoms with Gasteiger partial charge in [0, 0.05) is 22.3 Å². The van der Waals surface area contributed by atoms with Crippen molar-refractivity contribution in [2.24, 2.45) is 0 Å². The minimum Gasteiger partial charge on any atom is -0.451 e. The summed E-state index contributed by atoms with van der Waals surface area (Å²) in [6, 6.07) is 13.2. The third-order valence-electron chi connectivity index (χ3n) is 4.37. The highest BCUT2D eigenvalue weighted by Crippen LogP contribution is 2.23. The first-order valence-corrected chi connectivity index (χ1v) is 9.15. The van der Waals surface area contributed by atoms with Crippen LogP contribution in [0.25, 0.3) is 21.7 Å². The van der Waals surface area contributed by atoms with Gasteiger partial charge in [0.05, 0.1) is 5.39 Å². The zero-order valence-electron chi connectivity index (χ0n) is 15.2. The molecule has 0 spiro atoms. The van der Waals surface area contributed by atoms with E-state index in [2.05, 4.69) is 16.0 Å². The largest absolute Gasteiger partial charge is 0.451 e. The molecule has 0 bridgehead atoms. The second kappa shape index (κ2) is 7.40. The fraction of sp³-hybridized carbons (Fsp3) is 0.100. The lowest BCUT2D eigenvalue weighted by atomic mass is 10.1. The van der Waals surface area contributed by atoms with Gasteiger partial charge in [-0.25, -0.2) is 4.68 Å². The average Bonchev–Trinajstić information content (AvgIpc) is 3.15. The van der Waals surface area contributed by atoms with Crippen molar-refractivity contribution >= 4 is 45.2 Å². The number of hydrogen-bond donors (Lipinski definition) is 2. The maximum absolute atomic E-state index is 12.6. The summed E-state index contributed by atoms with van der Waals surface area (Å²) in [6.45, 7) is 2.05. The highest BCUT2D eigenvalue weighted by molar-refractivity contribution is 6.31. The van der Waals surface area contributed by atoms with Gasteiger partial charge in [0.15, 0.2) is 11.5 Å². The Balaban J connectivity index is 1.58. The Morgan fingerprint density at radius 2 is 1.79 bits per heavy atom. The van der Waals surface area contributed by atoms with E-state index in [9.17, 15) is 14.4 Å². The summed E-state index contributed by atoms with van der Waals surface area (Å²) >= 11 is 5.93. The number of hydrazine groups is 1. The highest BCUT2D eigenvalue weighted by Gasteiger charge is 2.18. The Labute approximate surface area is 169 Å². The molecule has 2 heterocycles. The first-order valence-electron chi connectivity index (χ1n) is 8.77. The van der Waals surface area contributed by atoms with Crippen LogP contribution in [0.3, 0.4) is 0 Å². The standard InChI is InChI=1S/C20H15ClN4O4/c1-2-25-20(28)14-6-4-3-5-13(14)17(24-25)19(27)23-22-18(26)16-10-11-9-12(21)7-8-15(11)29-16/h3-10H,2H2,1H3,(H,22,26)(H,23,27). The normalized spacial score (nSPS) is 11.0. The van der Waals surface area contributed by atoms with E-state index in [0.29, 0.717) is 33.3 Å². The smallest absolute Gasteiger partial charge is 0.305 e. The van der Waals surface area contributed by atoms with Crippen LogP contribution in [-0.4, -0.2) is 21.6 Å². The molecule has 146 valence electrons. The predicted molar refractivity (Wildman–Crippen MR) is 108 cm³/mol. The zero-order chi connectivity index (χ0) is 20.5. The van der Waals surface area contributed by atoms with Gasteiger partial charge in [0.2, 0.25) is 0 Å². The van der Waals surface area contributed by atoms with E-state index in [0.717, 1.165) is 0 Å². The van der Waals surface area contributed by atoms with Gasteiger partial charge in [-0.2, -0.15) is 5.10 Å². The van der Waals surface area contributed by atoms with E-state index in [1.165, 1.54) is 10.7 Å². The van der Waals surface area contributed by atoms with Gasteiger partial charge in [-0.3, -0.25) is 25.2 Å². The fourth-order valence-electron chi connectivity index (χ4n) is 2.98. The van der Waals surface area contributed by atoms with Gasteiger partial charge in [0.25, 0.3) is 11.5 Å². The topological polar surface area (TPSA) is 106 Å². The summed E-state index contributed by atoms with van der Waals surface area (Å²) in [4.78, 5) is 37.4. The molecule has 0 unspecified atom stereocenters. The lowest BCUT2D eigenvalue weighted by molar-refractivity contribution is 0.0829. The molecule has 2 aromatic carbocycles. The second-order valence-corrected chi connectivity index (χ2v) is 6.65. The molecule has 0 atom stereocenters. The molecule has 8 nitrogen and oxygen atoms in total. The van der Waals surface area contributed by atoms with E-state index in [1.54, 1.807) is 49.4 Å². The Kier molecular flexibility index (Phi) is 4.77. The van der Waals surface area contributed by atoms with Crippen LogP contribution in [0, 0.1) is 0 Å². The number of halogens is 1. The molecule has 4 rings (SSSR count). The van der Waals surface area contributed by atoms with Crippen molar-refractivity contribution in [2.75, 3.05) is 0 Å². The molecule has 0 aliphatic rings. The molecular formula is C20H15ClN4O4. The van der Waals surface area contributed by atoms with Crippen LogP contribution < -0.4 is 16.4 Å². The summed E-state index contributed by atoms with van der Waals surface area (Å²) in [5.41, 5.74) is 4.84. The van der Waals surface area contributed by atoms with E-state index >= 15 is 0 Å². The molecule has 9 heteroatoms. The Hall–Kier alpha value is -3.65. The third-order valence-corrected chi connectivity index (χ3v) is 4.61. The zero-order valence-corrected chi connectivity index (χ0v) is 16.0. The summed E-state index contributed by atoms with van der Waals surface area (Å²) in [5.74, 6) is -1.28. The summed E-state index contributed by atoms with van der Waals surface area (Å²) < 4.78 is 6.66. The number of benzene rings is 2. The van der Waals surface area contributed by atoms with Crippen molar-refractivity contribution in [1.29, 1.82) is 0 Å². The maximum atomic E-state index is 12.6. The summed E-state index contributed by atoms with van der Waals surface area (Å²) in [5, 5.41) is 6.06.